The van der Waals surface area contributed by atoms with Crippen molar-refractivity contribution in [2.24, 2.45) is 7.05 Å². The molecule has 2 rings (SSSR count). The summed E-state index contributed by atoms with van der Waals surface area (Å²) in [6.07, 6.45) is 2.19. The number of unbranched alkanes of at least 4 members (excludes halogenated alkanes) is 1. The lowest BCUT2D eigenvalue weighted by molar-refractivity contribution is 0.0678. The minimum atomic E-state index is -1.02. The van der Waals surface area contributed by atoms with Crippen molar-refractivity contribution in [1.82, 2.24) is 18.7 Å². The lowest BCUT2D eigenvalue weighted by Gasteiger charge is -2.16. The molecule has 9 nitrogen and oxygen atoms in total. The predicted molar refractivity (Wildman–Crippen MR) is 92.5 cm³/mol. The fourth-order valence-electron chi connectivity index (χ4n) is 2.77. The van der Waals surface area contributed by atoms with Crippen LogP contribution in [0.4, 0.5) is 0 Å². The highest BCUT2D eigenvalue weighted by molar-refractivity contribution is 5.69. The molecule has 25 heavy (non-hydrogen) atoms. The van der Waals surface area contributed by atoms with Gasteiger partial charge in [0.25, 0.3) is 5.56 Å². The quantitative estimate of drug-likeness (QED) is 0.533. The van der Waals surface area contributed by atoms with E-state index in [0.29, 0.717) is 19.3 Å². The van der Waals surface area contributed by atoms with E-state index in [1.165, 1.54) is 22.5 Å². The Labute approximate surface area is 144 Å². The molecule has 2 aromatic rings. The normalized spacial score (nSPS) is 13.5. The van der Waals surface area contributed by atoms with Crippen LogP contribution in [-0.4, -0.2) is 52.3 Å². The lowest BCUT2D eigenvalue weighted by Crippen LogP contribution is -2.40. The van der Waals surface area contributed by atoms with Crippen molar-refractivity contribution in [2.75, 3.05) is 6.61 Å². The van der Waals surface area contributed by atoms with Gasteiger partial charge in [-0.1, -0.05) is 0 Å². The molecule has 2 aromatic heterocycles. The van der Waals surface area contributed by atoms with Crippen LogP contribution in [-0.2, 0) is 20.1 Å². The third-order valence-corrected chi connectivity index (χ3v) is 4.14. The summed E-state index contributed by atoms with van der Waals surface area (Å²) in [7, 11) is 1.54. The van der Waals surface area contributed by atoms with Crippen LogP contribution < -0.4 is 11.2 Å². The first kappa shape index (κ1) is 19.4. The second-order valence-electron chi connectivity index (χ2n) is 6.97. The van der Waals surface area contributed by atoms with E-state index >= 15 is 0 Å². The fourth-order valence-corrected chi connectivity index (χ4v) is 2.77. The van der Waals surface area contributed by atoms with Crippen molar-refractivity contribution in [3.63, 3.8) is 0 Å². The molecule has 0 aliphatic rings. The standard InChI is InChI=1S/C16H26N4O5/c1-16(2,25)6-4-5-7-20-14(23)12-13(18(3)15(20)24)17-10-19(12)8-11(22)9-21/h10-11,21-22,25H,4-9H2,1-3H3. The summed E-state index contributed by atoms with van der Waals surface area (Å²) in [5, 5.41) is 28.4. The van der Waals surface area contributed by atoms with Gasteiger partial charge in [-0.25, -0.2) is 9.78 Å². The molecule has 9 heteroatoms. The minimum absolute atomic E-state index is 0.0130. The molecule has 2 heterocycles. The Balaban J connectivity index is 2.35. The van der Waals surface area contributed by atoms with Crippen LogP contribution in [0.15, 0.2) is 15.9 Å². The first-order chi connectivity index (χ1) is 11.7. The number of fused-ring (bicyclic) bond motifs is 1. The first-order valence-corrected chi connectivity index (χ1v) is 8.31. The number of aliphatic hydroxyl groups excluding tert-OH is 2. The van der Waals surface area contributed by atoms with Crippen LogP contribution >= 0.6 is 0 Å². The molecular weight excluding hydrogens is 328 g/mol. The van der Waals surface area contributed by atoms with E-state index in [-0.39, 0.29) is 24.3 Å². The number of aryl methyl sites for hydroxylation is 1. The summed E-state index contributed by atoms with van der Waals surface area (Å²) in [6.45, 7) is 3.26. The van der Waals surface area contributed by atoms with Gasteiger partial charge in [0, 0.05) is 13.6 Å². The number of aromatic nitrogens is 4. The number of aliphatic hydroxyl groups is 3. The van der Waals surface area contributed by atoms with E-state index in [0.717, 1.165) is 4.57 Å². The number of imidazole rings is 1. The molecular formula is C16H26N4O5. The number of hydrogen-bond donors (Lipinski definition) is 3. The summed E-state index contributed by atoms with van der Waals surface area (Å²) in [4.78, 5) is 29.2. The molecule has 0 spiro atoms. The Bertz CT molecular complexity index is 843. The van der Waals surface area contributed by atoms with Crippen molar-refractivity contribution in [3.8, 4) is 0 Å². The van der Waals surface area contributed by atoms with Crippen LogP contribution in [0.25, 0.3) is 11.2 Å². The Kier molecular flexibility index (Phi) is 5.81. The average molecular weight is 354 g/mol. The van der Waals surface area contributed by atoms with Crippen LogP contribution in [0, 0.1) is 0 Å². The van der Waals surface area contributed by atoms with E-state index < -0.39 is 29.6 Å². The lowest BCUT2D eigenvalue weighted by atomic mass is 10.0. The van der Waals surface area contributed by atoms with Gasteiger partial charge in [0.1, 0.15) is 0 Å². The second-order valence-corrected chi connectivity index (χ2v) is 6.97. The second kappa shape index (κ2) is 7.51. The average Bonchev–Trinajstić information content (AvgIpc) is 2.94. The molecule has 0 aromatic carbocycles. The SMILES string of the molecule is Cn1c(=O)n(CCCCC(C)(C)O)c(=O)c2c1ncn2CC(O)CO. The van der Waals surface area contributed by atoms with Crippen LogP contribution in [0.2, 0.25) is 0 Å². The molecule has 0 radical (unpaired) electrons. The third kappa shape index (κ3) is 4.36. The summed E-state index contributed by atoms with van der Waals surface area (Å²) in [6, 6.07) is 0. The summed E-state index contributed by atoms with van der Waals surface area (Å²) in [5.41, 5.74) is -1.23. The molecule has 0 saturated heterocycles. The van der Waals surface area contributed by atoms with E-state index in [1.807, 2.05) is 0 Å². The molecule has 0 saturated carbocycles. The summed E-state index contributed by atoms with van der Waals surface area (Å²) < 4.78 is 3.90. The Morgan fingerprint density at radius 1 is 1.28 bits per heavy atom. The Morgan fingerprint density at radius 3 is 2.56 bits per heavy atom. The zero-order chi connectivity index (χ0) is 18.8. The van der Waals surface area contributed by atoms with Crippen molar-refractivity contribution < 1.29 is 15.3 Å². The van der Waals surface area contributed by atoms with Gasteiger partial charge in [0.05, 0.1) is 31.2 Å². The Morgan fingerprint density at radius 2 is 1.96 bits per heavy atom. The number of rotatable bonds is 8. The zero-order valence-corrected chi connectivity index (χ0v) is 14.8. The highest BCUT2D eigenvalue weighted by Gasteiger charge is 2.18. The first-order valence-electron chi connectivity index (χ1n) is 8.31. The largest absolute Gasteiger partial charge is 0.394 e. The molecule has 0 amide bonds. The van der Waals surface area contributed by atoms with Gasteiger partial charge in [-0.05, 0) is 33.1 Å². The fraction of sp³-hybridized carbons (Fsp3) is 0.688. The van der Waals surface area contributed by atoms with Gasteiger partial charge >= 0.3 is 5.69 Å². The molecule has 140 valence electrons. The van der Waals surface area contributed by atoms with Crippen molar-refractivity contribution in [1.29, 1.82) is 0 Å². The number of hydrogen-bond acceptors (Lipinski definition) is 6. The number of nitrogens with zero attached hydrogens (tertiary/aromatic N) is 4. The molecule has 0 fully saturated rings. The van der Waals surface area contributed by atoms with Gasteiger partial charge in [-0.2, -0.15) is 0 Å². The van der Waals surface area contributed by atoms with Crippen molar-refractivity contribution >= 4 is 11.2 Å². The van der Waals surface area contributed by atoms with Crippen molar-refractivity contribution in [3.05, 3.63) is 27.2 Å². The predicted octanol–water partition coefficient (Wildman–Crippen LogP) is -0.809. The van der Waals surface area contributed by atoms with Crippen LogP contribution in [0.3, 0.4) is 0 Å². The van der Waals surface area contributed by atoms with E-state index in [1.54, 1.807) is 13.8 Å². The maximum Gasteiger partial charge on any atom is 0.332 e. The maximum atomic E-state index is 12.7. The third-order valence-electron chi connectivity index (χ3n) is 4.14. The monoisotopic (exact) mass is 354 g/mol. The molecule has 0 aliphatic heterocycles. The minimum Gasteiger partial charge on any atom is -0.394 e. The van der Waals surface area contributed by atoms with Crippen LogP contribution in [0.1, 0.15) is 33.1 Å². The van der Waals surface area contributed by atoms with Gasteiger partial charge < -0.3 is 19.9 Å². The van der Waals surface area contributed by atoms with E-state index in [9.17, 15) is 19.8 Å². The Hall–Kier alpha value is -1.97. The summed E-state index contributed by atoms with van der Waals surface area (Å²) in [5.74, 6) is 0. The van der Waals surface area contributed by atoms with Gasteiger partial charge in [0.2, 0.25) is 0 Å². The zero-order valence-electron chi connectivity index (χ0n) is 14.8. The van der Waals surface area contributed by atoms with Crippen molar-refractivity contribution in [2.45, 2.75) is 57.9 Å². The maximum absolute atomic E-state index is 12.7. The highest BCUT2D eigenvalue weighted by Crippen LogP contribution is 2.12. The molecule has 0 bridgehead atoms. The van der Waals surface area contributed by atoms with E-state index in [2.05, 4.69) is 4.98 Å². The van der Waals surface area contributed by atoms with Crippen LogP contribution in [0.5, 0.6) is 0 Å². The van der Waals surface area contributed by atoms with Gasteiger partial charge in [-0.3, -0.25) is 13.9 Å². The summed E-state index contributed by atoms with van der Waals surface area (Å²) >= 11 is 0. The smallest absolute Gasteiger partial charge is 0.332 e. The van der Waals surface area contributed by atoms with Gasteiger partial charge in [-0.15, -0.1) is 0 Å². The topological polar surface area (TPSA) is 123 Å². The molecule has 3 N–H and O–H groups in total. The molecule has 1 unspecified atom stereocenters. The van der Waals surface area contributed by atoms with Gasteiger partial charge in [0.15, 0.2) is 11.2 Å². The molecule has 1 atom stereocenters. The van der Waals surface area contributed by atoms with E-state index in [4.69, 9.17) is 5.11 Å². The highest BCUT2D eigenvalue weighted by atomic mass is 16.3. The molecule has 0 aliphatic carbocycles.